The monoisotopic (exact) mass is 253 g/mol. The molecule has 0 aliphatic carbocycles. The maximum absolute atomic E-state index is 5.68. The van der Waals surface area contributed by atoms with Crippen molar-refractivity contribution in [3.05, 3.63) is 18.0 Å². The van der Waals surface area contributed by atoms with Crippen molar-refractivity contribution < 1.29 is 4.74 Å². The fraction of sp³-hybridized carbons (Fsp3) is 0.786. The zero-order valence-corrected chi connectivity index (χ0v) is 12.5. The lowest BCUT2D eigenvalue weighted by molar-refractivity contribution is 0.0302. The molecule has 1 aromatic rings. The summed E-state index contributed by atoms with van der Waals surface area (Å²) in [7, 11) is 1.78. The van der Waals surface area contributed by atoms with Crippen LogP contribution < -0.4 is 5.32 Å². The minimum Gasteiger partial charge on any atom is -0.379 e. The molecule has 18 heavy (non-hydrogen) atoms. The summed E-state index contributed by atoms with van der Waals surface area (Å²) in [4.78, 5) is 0. The SMILES string of the molecule is CCNC(c1ccnn1C(C)C)C(OC)C(C)C. The van der Waals surface area contributed by atoms with Crippen molar-refractivity contribution in [1.82, 2.24) is 15.1 Å². The molecule has 0 amide bonds. The molecule has 0 saturated carbocycles. The average molecular weight is 253 g/mol. The standard InChI is InChI=1S/C14H27N3O/c1-7-15-13(14(18-6)10(2)3)12-8-9-16-17(12)11(4)5/h8-11,13-15H,7H2,1-6H3. The van der Waals surface area contributed by atoms with Gasteiger partial charge in [0.15, 0.2) is 0 Å². The van der Waals surface area contributed by atoms with Crippen molar-refractivity contribution in [2.45, 2.75) is 52.8 Å². The molecule has 0 fully saturated rings. The number of nitrogens with zero attached hydrogens (tertiary/aromatic N) is 2. The van der Waals surface area contributed by atoms with E-state index < -0.39 is 0 Å². The van der Waals surface area contributed by atoms with Gasteiger partial charge in [-0.25, -0.2) is 0 Å². The lowest BCUT2D eigenvalue weighted by Gasteiger charge is -2.30. The highest BCUT2D eigenvalue weighted by atomic mass is 16.5. The van der Waals surface area contributed by atoms with Gasteiger partial charge in [0.25, 0.3) is 0 Å². The third-order valence-electron chi connectivity index (χ3n) is 3.19. The summed E-state index contributed by atoms with van der Waals surface area (Å²) < 4.78 is 7.75. The Morgan fingerprint density at radius 1 is 1.33 bits per heavy atom. The van der Waals surface area contributed by atoms with Crippen LogP contribution in [-0.2, 0) is 4.74 Å². The van der Waals surface area contributed by atoms with E-state index in [0.717, 1.165) is 6.54 Å². The molecule has 4 heteroatoms. The van der Waals surface area contributed by atoms with Crippen molar-refractivity contribution in [3.63, 3.8) is 0 Å². The first-order valence-corrected chi connectivity index (χ1v) is 6.82. The number of methoxy groups -OCH3 is 1. The molecule has 1 N–H and O–H groups in total. The molecule has 1 rings (SSSR count). The van der Waals surface area contributed by atoms with E-state index in [1.54, 1.807) is 7.11 Å². The third kappa shape index (κ3) is 3.33. The maximum atomic E-state index is 5.68. The van der Waals surface area contributed by atoms with Crippen molar-refractivity contribution >= 4 is 0 Å². The van der Waals surface area contributed by atoms with Crippen molar-refractivity contribution in [2.75, 3.05) is 13.7 Å². The molecular weight excluding hydrogens is 226 g/mol. The molecule has 0 spiro atoms. The average Bonchev–Trinajstić information content (AvgIpc) is 2.77. The summed E-state index contributed by atoms with van der Waals surface area (Å²) >= 11 is 0. The van der Waals surface area contributed by atoms with Gasteiger partial charge in [-0.2, -0.15) is 5.10 Å². The van der Waals surface area contributed by atoms with Gasteiger partial charge in [-0.15, -0.1) is 0 Å². The normalized spacial score (nSPS) is 15.3. The molecule has 0 bridgehead atoms. The lowest BCUT2D eigenvalue weighted by atomic mass is 9.96. The zero-order chi connectivity index (χ0) is 13.7. The summed E-state index contributed by atoms with van der Waals surface area (Å²) in [5.41, 5.74) is 1.20. The van der Waals surface area contributed by atoms with E-state index in [-0.39, 0.29) is 12.1 Å². The van der Waals surface area contributed by atoms with Crippen LogP contribution in [0.2, 0.25) is 0 Å². The molecule has 0 radical (unpaired) electrons. The van der Waals surface area contributed by atoms with E-state index in [0.29, 0.717) is 12.0 Å². The highest BCUT2D eigenvalue weighted by molar-refractivity contribution is 5.10. The smallest absolute Gasteiger partial charge is 0.0804 e. The Morgan fingerprint density at radius 2 is 2.00 bits per heavy atom. The Hall–Kier alpha value is -0.870. The molecule has 2 unspecified atom stereocenters. The number of hydrogen-bond acceptors (Lipinski definition) is 3. The summed E-state index contributed by atoms with van der Waals surface area (Å²) in [5.74, 6) is 0.453. The van der Waals surface area contributed by atoms with Crippen molar-refractivity contribution in [2.24, 2.45) is 5.92 Å². The highest BCUT2D eigenvalue weighted by Crippen LogP contribution is 2.25. The van der Waals surface area contributed by atoms with E-state index in [9.17, 15) is 0 Å². The first-order valence-electron chi connectivity index (χ1n) is 6.82. The maximum Gasteiger partial charge on any atom is 0.0804 e. The molecule has 104 valence electrons. The third-order valence-corrected chi connectivity index (χ3v) is 3.19. The van der Waals surface area contributed by atoms with Crippen molar-refractivity contribution in [1.29, 1.82) is 0 Å². The second kappa shape index (κ2) is 6.90. The van der Waals surface area contributed by atoms with E-state index in [4.69, 9.17) is 4.74 Å². The topological polar surface area (TPSA) is 39.1 Å². The number of hydrogen-bond donors (Lipinski definition) is 1. The Labute approximate surface area is 111 Å². The fourth-order valence-corrected chi connectivity index (χ4v) is 2.40. The molecule has 1 aromatic heterocycles. The molecule has 4 nitrogen and oxygen atoms in total. The second-order valence-corrected chi connectivity index (χ2v) is 5.27. The van der Waals surface area contributed by atoms with Crippen molar-refractivity contribution in [3.8, 4) is 0 Å². The first-order chi connectivity index (χ1) is 8.52. The molecule has 0 aliphatic rings. The van der Waals surface area contributed by atoms with Gasteiger partial charge in [0.2, 0.25) is 0 Å². The van der Waals surface area contributed by atoms with Gasteiger partial charge in [0, 0.05) is 19.3 Å². The van der Waals surface area contributed by atoms with Crippen LogP contribution in [0.1, 0.15) is 52.4 Å². The minimum absolute atomic E-state index is 0.152. The minimum atomic E-state index is 0.152. The van der Waals surface area contributed by atoms with Gasteiger partial charge in [-0.3, -0.25) is 4.68 Å². The number of rotatable bonds is 7. The molecule has 0 aromatic carbocycles. The van der Waals surface area contributed by atoms with Crippen LogP contribution in [0, 0.1) is 5.92 Å². The van der Waals surface area contributed by atoms with Gasteiger partial charge in [-0.05, 0) is 32.4 Å². The second-order valence-electron chi connectivity index (χ2n) is 5.27. The van der Waals surface area contributed by atoms with Crippen LogP contribution in [0.4, 0.5) is 0 Å². The quantitative estimate of drug-likeness (QED) is 0.812. The number of aromatic nitrogens is 2. The predicted molar refractivity (Wildman–Crippen MR) is 74.7 cm³/mol. The highest BCUT2D eigenvalue weighted by Gasteiger charge is 2.28. The lowest BCUT2D eigenvalue weighted by Crippen LogP contribution is -2.38. The van der Waals surface area contributed by atoms with Crippen LogP contribution >= 0.6 is 0 Å². The Morgan fingerprint density at radius 3 is 2.44 bits per heavy atom. The van der Waals surface area contributed by atoms with E-state index >= 15 is 0 Å². The Bertz CT molecular complexity index is 347. The van der Waals surface area contributed by atoms with Crippen LogP contribution in [-0.4, -0.2) is 29.5 Å². The summed E-state index contributed by atoms with van der Waals surface area (Å²) in [6.45, 7) is 11.7. The number of nitrogens with one attached hydrogen (secondary N) is 1. The van der Waals surface area contributed by atoms with Crippen LogP contribution in [0.5, 0.6) is 0 Å². The van der Waals surface area contributed by atoms with Gasteiger partial charge in [0.1, 0.15) is 0 Å². The van der Waals surface area contributed by atoms with Gasteiger partial charge >= 0.3 is 0 Å². The van der Waals surface area contributed by atoms with Crippen LogP contribution in [0.15, 0.2) is 12.3 Å². The predicted octanol–water partition coefficient (Wildman–Crippen LogP) is 2.79. The van der Waals surface area contributed by atoms with Crippen LogP contribution in [0.25, 0.3) is 0 Å². The Balaban J connectivity index is 3.06. The molecule has 0 saturated heterocycles. The van der Waals surface area contributed by atoms with E-state index in [1.807, 2.05) is 6.20 Å². The summed E-state index contributed by atoms with van der Waals surface area (Å²) in [6, 6.07) is 2.63. The van der Waals surface area contributed by atoms with Crippen LogP contribution in [0.3, 0.4) is 0 Å². The van der Waals surface area contributed by atoms with Gasteiger partial charge in [-0.1, -0.05) is 20.8 Å². The zero-order valence-electron chi connectivity index (χ0n) is 12.5. The molecular formula is C14H27N3O. The van der Waals surface area contributed by atoms with E-state index in [2.05, 4.69) is 55.8 Å². The van der Waals surface area contributed by atoms with Gasteiger partial charge < -0.3 is 10.1 Å². The number of likely N-dealkylation sites (N-methyl/N-ethyl adjacent to an activating group) is 1. The first kappa shape index (κ1) is 15.2. The summed E-state index contributed by atoms with van der Waals surface area (Å²) in [5, 5.41) is 7.94. The largest absolute Gasteiger partial charge is 0.379 e. The molecule has 0 aliphatic heterocycles. The fourth-order valence-electron chi connectivity index (χ4n) is 2.40. The Kier molecular flexibility index (Phi) is 5.82. The molecule has 2 atom stereocenters. The number of ether oxygens (including phenoxy) is 1. The van der Waals surface area contributed by atoms with Gasteiger partial charge in [0.05, 0.1) is 17.8 Å². The summed E-state index contributed by atoms with van der Waals surface area (Å²) in [6.07, 6.45) is 2.02. The van der Waals surface area contributed by atoms with E-state index in [1.165, 1.54) is 5.69 Å². The molecule has 1 heterocycles.